The van der Waals surface area contributed by atoms with Crippen LogP contribution in [0.5, 0.6) is 0 Å². The lowest BCUT2D eigenvalue weighted by atomic mass is 10.2. The van der Waals surface area contributed by atoms with Crippen molar-refractivity contribution in [2.24, 2.45) is 0 Å². The number of nitrogens with zero attached hydrogens (tertiary/aromatic N) is 1. The first-order chi connectivity index (χ1) is 14.4. The number of halogens is 2. The minimum atomic E-state index is -0.609. The highest BCUT2D eigenvalue weighted by Crippen LogP contribution is 2.20. The number of anilines is 3. The maximum atomic E-state index is 13.8. The van der Waals surface area contributed by atoms with Crippen LogP contribution in [-0.4, -0.2) is 55.6 Å². The Morgan fingerprint density at radius 1 is 1.10 bits per heavy atom. The lowest BCUT2D eigenvalue weighted by Gasteiger charge is -2.25. The van der Waals surface area contributed by atoms with Crippen LogP contribution in [-0.2, 0) is 14.3 Å². The van der Waals surface area contributed by atoms with Crippen LogP contribution in [0.4, 0.5) is 21.5 Å². The van der Waals surface area contributed by atoms with E-state index in [4.69, 9.17) is 16.3 Å². The molecule has 0 bridgehead atoms. The topological polar surface area (TPSA) is 82.7 Å². The van der Waals surface area contributed by atoms with Gasteiger partial charge in [0.25, 0.3) is 0 Å². The maximum Gasteiger partial charge on any atom is 0.246 e. The van der Waals surface area contributed by atoms with Crippen molar-refractivity contribution >= 4 is 40.5 Å². The minimum Gasteiger partial charge on any atom is -0.379 e. The number of morpholine rings is 1. The van der Waals surface area contributed by atoms with Crippen molar-refractivity contribution in [1.29, 1.82) is 0 Å². The zero-order valence-electron chi connectivity index (χ0n) is 16.6. The Bertz CT molecular complexity index is 888. The van der Waals surface area contributed by atoms with Gasteiger partial charge in [-0.2, -0.15) is 0 Å². The third-order valence-corrected chi connectivity index (χ3v) is 4.84. The first kappa shape index (κ1) is 22.0. The van der Waals surface area contributed by atoms with Gasteiger partial charge in [-0.05, 0) is 49.4 Å². The van der Waals surface area contributed by atoms with Crippen LogP contribution < -0.4 is 16.0 Å². The molecule has 2 amide bonds. The van der Waals surface area contributed by atoms with Crippen molar-refractivity contribution in [3.05, 3.63) is 53.3 Å². The van der Waals surface area contributed by atoms with Gasteiger partial charge < -0.3 is 20.7 Å². The van der Waals surface area contributed by atoms with Crippen molar-refractivity contribution in [2.45, 2.75) is 13.0 Å². The number of benzene rings is 2. The average Bonchev–Trinajstić information content (AvgIpc) is 2.72. The summed E-state index contributed by atoms with van der Waals surface area (Å²) in [5, 5.41) is 8.68. The molecule has 7 nitrogen and oxygen atoms in total. The third kappa shape index (κ3) is 6.41. The van der Waals surface area contributed by atoms with Gasteiger partial charge in [-0.3, -0.25) is 14.5 Å². The zero-order chi connectivity index (χ0) is 21.5. The highest BCUT2D eigenvalue weighted by molar-refractivity contribution is 6.30. The molecule has 2 aromatic rings. The Labute approximate surface area is 179 Å². The molecule has 160 valence electrons. The van der Waals surface area contributed by atoms with Gasteiger partial charge in [-0.15, -0.1) is 0 Å². The van der Waals surface area contributed by atoms with Crippen LogP contribution in [0.2, 0.25) is 5.02 Å². The predicted octanol–water partition coefficient (Wildman–Crippen LogP) is 3.19. The molecule has 2 aromatic carbocycles. The number of amides is 2. The number of nitrogens with one attached hydrogen (secondary N) is 3. The molecule has 1 aliphatic rings. The molecular weight excluding hydrogens is 411 g/mol. The number of hydrogen-bond donors (Lipinski definition) is 3. The summed E-state index contributed by atoms with van der Waals surface area (Å²) in [6, 6.07) is 10.5. The van der Waals surface area contributed by atoms with Crippen molar-refractivity contribution in [2.75, 3.05) is 48.8 Å². The van der Waals surface area contributed by atoms with Crippen molar-refractivity contribution < 1.29 is 18.7 Å². The number of ether oxygens (including phenoxy) is 1. The summed E-state index contributed by atoms with van der Waals surface area (Å²) in [7, 11) is 0. The molecule has 3 N–H and O–H groups in total. The van der Waals surface area contributed by atoms with E-state index in [1.54, 1.807) is 31.2 Å². The molecule has 1 saturated heterocycles. The fourth-order valence-electron chi connectivity index (χ4n) is 2.96. The largest absolute Gasteiger partial charge is 0.379 e. The van der Waals surface area contributed by atoms with Gasteiger partial charge >= 0.3 is 0 Å². The first-order valence-corrected chi connectivity index (χ1v) is 10.0. The summed E-state index contributed by atoms with van der Waals surface area (Å²) >= 11 is 5.72. The van der Waals surface area contributed by atoms with Gasteiger partial charge in [0.05, 0.1) is 25.4 Å². The van der Waals surface area contributed by atoms with E-state index in [-0.39, 0.29) is 22.5 Å². The Balaban J connectivity index is 1.49. The minimum absolute atomic E-state index is 0.0661. The van der Waals surface area contributed by atoms with E-state index in [0.717, 1.165) is 19.2 Å². The SMILES string of the molecule is CC(Nc1ccc(NC(=O)CN2CCOCC2)cc1)C(=O)Nc1ccc(Cl)cc1F. The summed E-state index contributed by atoms with van der Waals surface area (Å²) in [5.41, 5.74) is 1.43. The zero-order valence-corrected chi connectivity index (χ0v) is 17.3. The summed E-state index contributed by atoms with van der Waals surface area (Å²) in [6.45, 7) is 4.77. The molecular formula is C21H24ClFN4O3. The number of hydrogen-bond acceptors (Lipinski definition) is 5. The van der Waals surface area contributed by atoms with E-state index in [9.17, 15) is 14.0 Å². The van der Waals surface area contributed by atoms with Gasteiger partial charge in [0.1, 0.15) is 11.9 Å². The second-order valence-corrected chi connectivity index (χ2v) is 7.43. The van der Waals surface area contributed by atoms with E-state index in [1.807, 2.05) is 4.90 Å². The van der Waals surface area contributed by atoms with Crippen LogP contribution in [0.1, 0.15) is 6.92 Å². The molecule has 0 spiro atoms. The summed E-state index contributed by atoms with van der Waals surface area (Å²) in [6.07, 6.45) is 0. The Kier molecular flexibility index (Phi) is 7.62. The molecule has 1 unspecified atom stereocenters. The van der Waals surface area contributed by atoms with Crippen molar-refractivity contribution in [3.63, 3.8) is 0 Å². The van der Waals surface area contributed by atoms with Crippen LogP contribution >= 0.6 is 11.6 Å². The summed E-state index contributed by atoms with van der Waals surface area (Å²) < 4.78 is 19.1. The summed E-state index contributed by atoms with van der Waals surface area (Å²) in [5.74, 6) is -1.07. The highest BCUT2D eigenvalue weighted by atomic mass is 35.5. The molecule has 30 heavy (non-hydrogen) atoms. The molecule has 1 fully saturated rings. The van der Waals surface area contributed by atoms with Crippen LogP contribution in [0, 0.1) is 5.82 Å². The van der Waals surface area contributed by atoms with Crippen molar-refractivity contribution in [3.8, 4) is 0 Å². The molecule has 1 aliphatic heterocycles. The van der Waals surface area contributed by atoms with Crippen molar-refractivity contribution in [1.82, 2.24) is 4.90 Å². The quantitative estimate of drug-likeness (QED) is 0.623. The number of carbonyl (C=O) groups is 2. The lowest BCUT2D eigenvalue weighted by molar-refractivity contribution is -0.118. The molecule has 9 heteroatoms. The van der Waals surface area contributed by atoms with Crippen LogP contribution in [0.3, 0.4) is 0 Å². The van der Waals surface area contributed by atoms with E-state index >= 15 is 0 Å². The second-order valence-electron chi connectivity index (χ2n) is 6.99. The normalized spacial score (nSPS) is 15.3. The molecule has 1 atom stereocenters. The average molecular weight is 435 g/mol. The van der Waals surface area contributed by atoms with Gasteiger partial charge in [0, 0.05) is 29.5 Å². The monoisotopic (exact) mass is 434 g/mol. The molecule has 0 saturated carbocycles. The second kappa shape index (κ2) is 10.4. The highest BCUT2D eigenvalue weighted by Gasteiger charge is 2.16. The fourth-order valence-corrected chi connectivity index (χ4v) is 3.12. The lowest BCUT2D eigenvalue weighted by Crippen LogP contribution is -2.41. The molecule has 0 aliphatic carbocycles. The van der Waals surface area contributed by atoms with E-state index in [0.29, 0.717) is 31.1 Å². The van der Waals surface area contributed by atoms with E-state index < -0.39 is 11.9 Å². The summed E-state index contributed by atoms with van der Waals surface area (Å²) in [4.78, 5) is 26.5. The fraction of sp³-hybridized carbons (Fsp3) is 0.333. The Morgan fingerprint density at radius 3 is 2.43 bits per heavy atom. The predicted molar refractivity (Wildman–Crippen MR) is 115 cm³/mol. The van der Waals surface area contributed by atoms with Crippen LogP contribution in [0.25, 0.3) is 0 Å². The van der Waals surface area contributed by atoms with Gasteiger partial charge in [0.2, 0.25) is 11.8 Å². The smallest absolute Gasteiger partial charge is 0.246 e. The molecule has 1 heterocycles. The Hall–Kier alpha value is -2.68. The van der Waals surface area contributed by atoms with Crippen LogP contribution in [0.15, 0.2) is 42.5 Å². The van der Waals surface area contributed by atoms with E-state index in [2.05, 4.69) is 16.0 Å². The molecule has 0 aromatic heterocycles. The van der Waals surface area contributed by atoms with Gasteiger partial charge in [-0.25, -0.2) is 4.39 Å². The van der Waals surface area contributed by atoms with Gasteiger partial charge in [0.15, 0.2) is 0 Å². The molecule has 3 rings (SSSR count). The first-order valence-electron chi connectivity index (χ1n) is 9.63. The number of carbonyl (C=O) groups excluding carboxylic acids is 2. The standard InChI is InChI=1S/C21H24ClFN4O3/c1-14(21(29)26-19-7-2-15(22)12-18(19)23)24-16-3-5-17(6-4-16)25-20(28)13-27-8-10-30-11-9-27/h2-7,12,14,24H,8-11,13H2,1H3,(H,25,28)(H,26,29). The third-order valence-electron chi connectivity index (χ3n) is 4.61. The van der Waals surface area contributed by atoms with Gasteiger partial charge in [-0.1, -0.05) is 11.6 Å². The van der Waals surface area contributed by atoms with E-state index in [1.165, 1.54) is 12.1 Å². The number of rotatable bonds is 7. The maximum absolute atomic E-state index is 13.8. The Morgan fingerprint density at radius 2 is 1.77 bits per heavy atom. The molecule has 0 radical (unpaired) electrons.